The van der Waals surface area contributed by atoms with E-state index in [0.29, 0.717) is 29.5 Å². The van der Waals surface area contributed by atoms with E-state index in [2.05, 4.69) is 12.2 Å². The Hall–Kier alpha value is -2.20. The van der Waals surface area contributed by atoms with Gasteiger partial charge < -0.3 is 14.8 Å². The largest absolute Gasteiger partial charge is 0.495 e. The smallest absolute Gasteiger partial charge is 0.251 e. The number of ether oxygens (including phenoxy) is 2. The highest BCUT2D eigenvalue weighted by Crippen LogP contribution is 2.24. The third kappa shape index (κ3) is 4.63. The van der Waals surface area contributed by atoms with Crippen molar-refractivity contribution in [3.63, 3.8) is 0 Å². The van der Waals surface area contributed by atoms with Crippen molar-refractivity contribution in [3.05, 3.63) is 58.1 Å². The molecule has 2 rings (SSSR count). The maximum absolute atomic E-state index is 12.0. The molecule has 0 atom stereocenters. The van der Waals surface area contributed by atoms with Crippen LogP contribution in [-0.4, -0.2) is 26.2 Å². The molecule has 2 aromatic carbocycles. The first kappa shape index (κ1) is 17.2. The molecular formula is C18H20ClNO3. The molecule has 0 heterocycles. The number of nitrogens with one attached hydrogen (secondary N) is 1. The predicted octanol–water partition coefficient (Wildman–Crippen LogP) is 3.77. The molecule has 0 aliphatic carbocycles. The Bertz CT molecular complexity index is 701. The third-order valence-electron chi connectivity index (χ3n) is 3.55. The van der Waals surface area contributed by atoms with Gasteiger partial charge in [0.25, 0.3) is 5.91 Å². The summed E-state index contributed by atoms with van der Waals surface area (Å²) in [4.78, 5) is 12.0. The Kier molecular flexibility index (Phi) is 5.88. The Morgan fingerprint density at radius 1 is 1.13 bits per heavy atom. The van der Waals surface area contributed by atoms with E-state index in [0.717, 1.165) is 5.75 Å². The van der Waals surface area contributed by atoms with E-state index in [1.165, 1.54) is 18.2 Å². The zero-order valence-electron chi connectivity index (χ0n) is 13.5. The van der Waals surface area contributed by atoms with Gasteiger partial charge in [0.05, 0.1) is 18.7 Å². The standard InChI is InChI=1S/C18H20ClNO3/c1-12-4-6-15(10-13(12)2)23-9-8-20-18(21)14-5-7-17(22-3)16(19)11-14/h4-7,10-11H,8-9H2,1-3H3,(H,20,21). The lowest BCUT2D eigenvalue weighted by Crippen LogP contribution is -2.28. The molecular weight excluding hydrogens is 314 g/mol. The van der Waals surface area contributed by atoms with E-state index >= 15 is 0 Å². The van der Waals surface area contributed by atoms with Gasteiger partial charge in [0.1, 0.15) is 18.1 Å². The summed E-state index contributed by atoms with van der Waals surface area (Å²) < 4.78 is 10.7. The van der Waals surface area contributed by atoms with Crippen molar-refractivity contribution < 1.29 is 14.3 Å². The number of hydrogen-bond acceptors (Lipinski definition) is 3. The molecule has 0 fully saturated rings. The van der Waals surface area contributed by atoms with E-state index < -0.39 is 0 Å². The van der Waals surface area contributed by atoms with Crippen molar-refractivity contribution in [1.29, 1.82) is 0 Å². The topological polar surface area (TPSA) is 47.6 Å². The summed E-state index contributed by atoms with van der Waals surface area (Å²) in [6.45, 7) is 4.91. The third-order valence-corrected chi connectivity index (χ3v) is 3.84. The molecule has 23 heavy (non-hydrogen) atoms. The molecule has 0 bridgehead atoms. The summed E-state index contributed by atoms with van der Waals surface area (Å²) in [5.41, 5.74) is 2.89. The second-order valence-electron chi connectivity index (χ2n) is 5.20. The summed E-state index contributed by atoms with van der Waals surface area (Å²) >= 11 is 6.01. The van der Waals surface area contributed by atoms with Crippen molar-refractivity contribution in [1.82, 2.24) is 5.32 Å². The molecule has 2 aromatic rings. The number of halogens is 1. The molecule has 0 spiro atoms. The van der Waals surface area contributed by atoms with Crippen molar-refractivity contribution in [2.45, 2.75) is 13.8 Å². The number of carbonyl (C=O) groups is 1. The minimum absolute atomic E-state index is 0.196. The summed E-state index contributed by atoms with van der Waals surface area (Å²) in [5, 5.41) is 3.21. The molecule has 1 N–H and O–H groups in total. The second kappa shape index (κ2) is 7.88. The van der Waals surface area contributed by atoms with Gasteiger partial charge in [-0.05, 0) is 55.3 Å². The molecule has 1 amide bonds. The molecule has 0 aliphatic rings. The van der Waals surface area contributed by atoms with Crippen LogP contribution in [0.15, 0.2) is 36.4 Å². The minimum Gasteiger partial charge on any atom is -0.495 e. The molecule has 0 unspecified atom stereocenters. The molecule has 0 saturated carbocycles. The van der Waals surface area contributed by atoms with E-state index in [4.69, 9.17) is 21.1 Å². The molecule has 0 saturated heterocycles. The van der Waals surface area contributed by atoms with Crippen molar-refractivity contribution >= 4 is 17.5 Å². The molecule has 0 aromatic heterocycles. The Morgan fingerprint density at radius 3 is 2.57 bits per heavy atom. The lowest BCUT2D eigenvalue weighted by atomic mass is 10.1. The number of hydrogen-bond donors (Lipinski definition) is 1. The normalized spacial score (nSPS) is 10.3. The van der Waals surface area contributed by atoms with Crippen molar-refractivity contribution in [2.75, 3.05) is 20.3 Å². The first-order chi connectivity index (χ1) is 11.0. The lowest BCUT2D eigenvalue weighted by Gasteiger charge is -2.10. The fourth-order valence-corrected chi connectivity index (χ4v) is 2.30. The zero-order chi connectivity index (χ0) is 16.8. The molecule has 4 nitrogen and oxygen atoms in total. The van der Waals surface area contributed by atoms with E-state index in [9.17, 15) is 4.79 Å². The Morgan fingerprint density at radius 2 is 1.91 bits per heavy atom. The van der Waals surface area contributed by atoms with Gasteiger partial charge in [-0.2, -0.15) is 0 Å². The highest BCUT2D eigenvalue weighted by molar-refractivity contribution is 6.32. The quantitative estimate of drug-likeness (QED) is 0.818. The summed E-state index contributed by atoms with van der Waals surface area (Å²) in [6.07, 6.45) is 0. The van der Waals surface area contributed by atoms with Crippen LogP contribution in [0.5, 0.6) is 11.5 Å². The van der Waals surface area contributed by atoms with Crippen LogP contribution >= 0.6 is 11.6 Å². The maximum atomic E-state index is 12.0. The van der Waals surface area contributed by atoms with Crippen LogP contribution < -0.4 is 14.8 Å². The number of methoxy groups -OCH3 is 1. The van der Waals surface area contributed by atoms with Gasteiger partial charge in [0, 0.05) is 5.56 Å². The molecule has 0 aliphatic heterocycles. The van der Waals surface area contributed by atoms with Gasteiger partial charge in [0.15, 0.2) is 0 Å². The molecule has 0 radical (unpaired) electrons. The summed E-state index contributed by atoms with van der Waals surface area (Å²) in [5.74, 6) is 1.15. The van der Waals surface area contributed by atoms with Crippen LogP contribution in [-0.2, 0) is 0 Å². The predicted molar refractivity (Wildman–Crippen MR) is 91.7 cm³/mol. The van der Waals surface area contributed by atoms with Gasteiger partial charge in [-0.25, -0.2) is 0 Å². The van der Waals surface area contributed by atoms with Crippen molar-refractivity contribution in [2.24, 2.45) is 0 Å². The van der Waals surface area contributed by atoms with E-state index in [1.807, 2.05) is 25.1 Å². The monoisotopic (exact) mass is 333 g/mol. The minimum atomic E-state index is -0.196. The van der Waals surface area contributed by atoms with Gasteiger partial charge in [0.2, 0.25) is 0 Å². The number of carbonyl (C=O) groups excluding carboxylic acids is 1. The van der Waals surface area contributed by atoms with Crippen LogP contribution in [0, 0.1) is 13.8 Å². The summed E-state index contributed by atoms with van der Waals surface area (Å²) in [6, 6.07) is 10.9. The lowest BCUT2D eigenvalue weighted by molar-refractivity contribution is 0.0947. The van der Waals surface area contributed by atoms with Gasteiger partial charge >= 0.3 is 0 Å². The number of benzene rings is 2. The van der Waals surface area contributed by atoms with Crippen LogP contribution in [0.3, 0.4) is 0 Å². The van der Waals surface area contributed by atoms with Crippen molar-refractivity contribution in [3.8, 4) is 11.5 Å². The van der Waals surface area contributed by atoms with Gasteiger partial charge in [-0.15, -0.1) is 0 Å². The number of aryl methyl sites for hydroxylation is 2. The Labute approximate surface area is 141 Å². The first-order valence-electron chi connectivity index (χ1n) is 7.33. The fraction of sp³-hybridized carbons (Fsp3) is 0.278. The molecule has 122 valence electrons. The van der Waals surface area contributed by atoms with Crippen LogP contribution in [0.1, 0.15) is 21.5 Å². The zero-order valence-corrected chi connectivity index (χ0v) is 14.2. The average molecular weight is 334 g/mol. The van der Waals surface area contributed by atoms with Crippen LogP contribution in [0.2, 0.25) is 5.02 Å². The number of rotatable bonds is 6. The fourth-order valence-electron chi connectivity index (χ4n) is 2.05. The van der Waals surface area contributed by atoms with E-state index in [-0.39, 0.29) is 5.91 Å². The highest BCUT2D eigenvalue weighted by atomic mass is 35.5. The van der Waals surface area contributed by atoms with Gasteiger partial charge in [-0.3, -0.25) is 4.79 Å². The van der Waals surface area contributed by atoms with Crippen LogP contribution in [0.25, 0.3) is 0 Å². The first-order valence-corrected chi connectivity index (χ1v) is 7.71. The SMILES string of the molecule is COc1ccc(C(=O)NCCOc2ccc(C)c(C)c2)cc1Cl. The van der Waals surface area contributed by atoms with Gasteiger partial charge in [-0.1, -0.05) is 17.7 Å². The molecule has 5 heteroatoms. The maximum Gasteiger partial charge on any atom is 0.251 e. The number of amides is 1. The highest BCUT2D eigenvalue weighted by Gasteiger charge is 2.08. The van der Waals surface area contributed by atoms with E-state index in [1.54, 1.807) is 18.2 Å². The second-order valence-corrected chi connectivity index (χ2v) is 5.61. The Balaban J connectivity index is 1.82. The van der Waals surface area contributed by atoms with Crippen LogP contribution in [0.4, 0.5) is 0 Å². The average Bonchev–Trinajstić information content (AvgIpc) is 2.54. The summed E-state index contributed by atoms with van der Waals surface area (Å²) in [7, 11) is 1.53.